The van der Waals surface area contributed by atoms with Crippen LogP contribution in [0.15, 0.2) is 60.9 Å². The molecule has 0 bridgehead atoms. The molecule has 0 fully saturated rings. The van der Waals surface area contributed by atoms with Crippen molar-refractivity contribution in [3.8, 4) is 22.3 Å². The highest BCUT2D eigenvalue weighted by atomic mass is 32.2. The summed E-state index contributed by atoms with van der Waals surface area (Å²) in [5.41, 5.74) is 7.60. The fourth-order valence-corrected chi connectivity index (χ4v) is 4.88. The summed E-state index contributed by atoms with van der Waals surface area (Å²) in [5, 5.41) is 5.74. The minimum absolute atomic E-state index is 0.0556. The summed E-state index contributed by atoms with van der Waals surface area (Å²) in [5.74, 6) is 5.74. The van der Waals surface area contributed by atoms with E-state index in [-0.39, 0.29) is 12.6 Å². The minimum atomic E-state index is -4.38. The third kappa shape index (κ3) is 7.52. The van der Waals surface area contributed by atoms with Crippen LogP contribution in [0.4, 0.5) is 18.3 Å². The predicted octanol–water partition coefficient (Wildman–Crippen LogP) is 4.26. The molecule has 0 saturated carbocycles. The highest BCUT2D eigenvalue weighted by Gasteiger charge is 2.30. The molecule has 12 heteroatoms. The number of sulfonamides is 1. The van der Waals surface area contributed by atoms with Crippen LogP contribution < -0.4 is 15.8 Å². The lowest BCUT2D eigenvalue weighted by molar-refractivity contribution is -0.137. The van der Waals surface area contributed by atoms with Crippen molar-refractivity contribution >= 4 is 37.3 Å². The van der Waals surface area contributed by atoms with E-state index in [1.54, 1.807) is 12.4 Å². The Bertz CT molecular complexity index is 1590. The van der Waals surface area contributed by atoms with Gasteiger partial charge in [-0.1, -0.05) is 41.5 Å². The molecular formula is C26H24F3N5O2S2. The Balaban J connectivity index is 1.51. The van der Waals surface area contributed by atoms with E-state index in [2.05, 4.69) is 31.8 Å². The fraction of sp³-hybridized carbons (Fsp3) is 0.231. The van der Waals surface area contributed by atoms with E-state index < -0.39 is 21.8 Å². The van der Waals surface area contributed by atoms with Gasteiger partial charge in [0, 0.05) is 30.4 Å². The van der Waals surface area contributed by atoms with Gasteiger partial charge in [-0.3, -0.25) is 4.98 Å². The smallest absolute Gasteiger partial charge is 0.360 e. The van der Waals surface area contributed by atoms with E-state index in [1.165, 1.54) is 23.5 Å². The van der Waals surface area contributed by atoms with Crippen molar-refractivity contribution in [3.63, 3.8) is 0 Å². The summed E-state index contributed by atoms with van der Waals surface area (Å²) in [7, 11) is -3.37. The van der Waals surface area contributed by atoms with E-state index in [0.29, 0.717) is 29.4 Å². The van der Waals surface area contributed by atoms with Gasteiger partial charge in [-0.25, -0.2) is 18.1 Å². The van der Waals surface area contributed by atoms with Gasteiger partial charge >= 0.3 is 6.18 Å². The molecule has 38 heavy (non-hydrogen) atoms. The molecule has 0 aliphatic heterocycles. The van der Waals surface area contributed by atoms with Crippen LogP contribution in [-0.4, -0.2) is 43.8 Å². The lowest BCUT2D eigenvalue weighted by atomic mass is 10.0. The lowest BCUT2D eigenvalue weighted by Gasteiger charge is -2.13. The number of rotatable bonds is 8. The molecule has 4 N–H and O–H groups in total. The second-order valence-corrected chi connectivity index (χ2v) is 11.4. The van der Waals surface area contributed by atoms with Crippen LogP contribution in [0, 0.1) is 11.8 Å². The number of nitrogens with one attached hydrogen (secondary N) is 2. The zero-order valence-electron chi connectivity index (χ0n) is 20.2. The fourth-order valence-electron chi connectivity index (χ4n) is 3.62. The molecule has 0 aliphatic carbocycles. The number of hydrogen-bond acceptors (Lipinski definition) is 7. The molecule has 2 heterocycles. The van der Waals surface area contributed by atoms with E-state index >= 15 is 0 Å². The van der Waals surface area contributed by atoms with E-state index in [1.807, 2.05) is 24.3 Å². The molecule has 7 nitrogen and oxygen atoms in total. The molecule has 0 amide bonds. The molecule has 0 spiro atoms. The zero-order chi connectivity index (χ0) is 27.3. The molecular weight excluding hydrogens is 535 g/mol. The van der Waals surface area contributed by atoms with Crippen LogP contribution in [0.2, 0.25) is 0 Å². The van der Waals surface area contributed by atoms with Crippen molar-refractivity contribution in [1.82, 2.24) is 14.7 Å². The second kappa shape index (κ2) is 11.5. The molecule has 4 aromatic rings. The van der Waals surface area contributed by atoms with Gasteiger partial charge in [0.1, 0.15) is 5.69 Å². The number of halogens is 3. The van der Waals surface area contributed by atoms with Crippen LogP contribution >= 0.6 is 11.3 Å². The molecule has 0 aliphatic rings. The first-order valence-electron chi connectivity index (χ1n) is 11.4. The molecule has 2 aromatic carbocycles. The number of benzene rings is 2. The quantitative estimate of drug-likeness (QED) is 0.279. The topological polar surface area (TPSA) is 110 Å². The Labute approximate surface area is 222 Å². The number of nitrogens with two attached hydrogens (primary N) is 1. The van der Waals surface area contributed by atoms with Gasteiger partial charge in [-0.2, -0.15) is 13.2 Å². The number of anilines is 1. The normalized spacial score (nSPS) is 12.7. The van der Waals surface area contributed by atoms with Gasteiger partial charge in [-0.05, 0) is 53.1 Å². The zero-order valence-corrected chi connectivity index (χ0v) is 21.8. The predicted molar refractivity (Wildman–Crippen MR) is 144 cm³/mol. The van der Waals surface area contributed by atoms with Crippen molar-refractivity contribution < 1.29 is 21.6 Å². The number of pyridine rings is 1. The molecule has 0 saturated heterocycles. The second-order valence-electron chi connectivity index (χ2n) is 8.57. The monoisotopic (exact) mass is 559 g/mol. The summed E-state index contributed by atoms with van der Waals surface area (Å²) < 4.78 is 63.4. The van der Waals surface area contributed by atoms with Crippen molar-refractivity contribution in [1.29, 1.82) is 0 Å². The van der Waals surface area contributed by atoms with Crippen LogP contribution in [0.5, 0.6) is 0 Å². The molecule has 2 aromatic heterocycles. The molecule has 1 atom stereocenters. The summed E-state index contributed by atoms with van der Waals surface area (Å²) in [6, 6.07) is 12.4. The Morgan fingerprint density at radius 1 is 1.11 bits per heavy atom. The Kier molecular flexibility index (Phi) is 8.32. The first kappa shape index (κ1) is 27.5. The van der Waals surface area contributed by atoms with E-state index in [9.17, 15) is 21.6 Å². The maximum atomic E-state index is 12.8. The summed E-state index contributed by atoms with van der Waals surface area (Å²) in [6.45, 7) is 0.278. The maximum Gasteiger partial charge on any atom is 0.416 e. The molecule has 0 radical (unpaired) electrons. The third-order valence-electron chi connectivity index (χ3n) is 5.45. The summed E-state index contributed by atoms with van der Waals surface area (Å²) in [4.78, 5) is 9.51. The van der Waals surface area contributed by atoms with Crippen molar-refractivity contribution in [2.75, 3.05) is 24.7 Å². The largest absolute Gasteiger partial charge is 0.416 e. The van der Waals surface area contributed by atoms with Crippen LogP contribution in [0.3, 0.4) is 0 Å². The molecule has 1 unspecified atom stereocenters. The maximum absolute atomic E-state index is 12.8. The van der Waals surface area contributed by atoms with Crippen molar-refractivity contribution in [2.45, 2.75) is 18.6 Å². The SMILES string of the molecule is CS(=O)(=O)NCC#Cc1nc(NCC(N)Cc2ccc(C(F)(F)F)cc2)sc1-c1ccc2cnccc2c1. The number of aromatic nitrogens is 2. The van der Waals surface area contributed by atoms with E-state index in [4.69, 9.17) is 5.73 Å². The number of nitrogens with zero attached hydrogens (tertiary/aromatic N) is 2. The van der Waals surface area contributed by atoms with Gasteiger partial charge in [0.05, 0.1) is 23.2 Å². The molecule has 198 valence electrons. The highest BCUT2D eigenvalue weighted by molar-refractivity contribution is 7.88. The van der Waals surface area contributed by atoms with Gasteiger partial charge < -0.3 is 11.1 Å². The Hall–Kier alpha value is -3.50. The molecule has 4 rings (SSSR count). The number of alkyl halides is 3. The summed E-state index contributed by atoms with van der Waals surface area (Å²) in [6.07, 6.45) is 0.540. The van der Waals surface area contributed by atoms with Crippen LogP contribution in [0.1, 0.15) is 16.8 Å². The average Bonchev–Trinajstić information content (AvgIpc) is 3.27. The lowest BCUT2D eigenvalue weighted by Crippen LogP contribution is -2.31. The number of thiazole rings is 1. The van der Waals surface area contributed by atoms with Crippen molar-refractivity contribution in [3.05, 3.63) is 77.7 Å². The Morgan fingerprint density at radius 3 is 2.58 bits per heavy atom. The average molecular weight is 560 g/mol. The third-order valence-corrected chi connectivity index (χ3v) is 7.18. The van der Waals surface area contributed by atoms with Crippen LogP contribution in [0.25, 0.3) is 21.2 Å². The number of fused-ring (bicyclic) bond motifs is 1. The minimum Gasteiger partial charge on any atom is -0.360 e. The van der Waals surface area contributed by atoms with E-state index in [0.717, 1.165) is 39.6 Å². The standard InChI is InChI=1S/C26H24F3N5O2S2/c1-38(35,36)33-11-2-3-23-24(19-6-7-20-15-31-12-10-18(20)14-19)37-25(34-23)32-16-22(30)13-17-4-8-21(9-5-17)26(27,28)29/h4-10,12,14-15,22,33H,11,13,16,30H2,1H3,(H,32,34). The summed E-state index contributed by atoms with van der Waals surface area (Å²) >= 11 is 1.38. The first-order valence-corrected chi connectivity index (χ1v) is 14.1. The van der Waals surface area contributed by atoms with Gasteiger partial charge in [-0.15, -0.1) is 0 Å². The van der Waals surface area contributed by atoms with Crippen molar-refractivity contribution in [2.24, 2.45) is 5.73 Å². The van der Waals surface area contributed by atoms with Gasteiger partial charge in [0.2, 0.25) is 10.0 Å². The number of hydrogen-bond donors (Lipinski definition) is 3. The van der Waals surface area contributed by atoms with Gasteiger partial charge in [0.15, 0.2) is 5.13 Å². The van der Waals surface area contributed by atoms with Crippen LogP contribution in [-0.2, 0) is 22.6 Å². The first-order chi connectivity index (χ1) is 18.0. The highest BCUT2D eigenvalue weighted by Crippen LogP contribution is 2.34. The van der Waals surface area contributed by atoms with Gasteiger partial charge in [0.25, 0.3) is 0 Å². The Morgan fingerprint density at radius 2 is 1.87 bits per heavy atom.